The first kappa shape index (κ1) is 13.6. The molecule has 0 spiro atoms. The second kappa shape index (κ2) is 5.21. The average molecular weight is 277 g/mol. The second-order valence-corrected chi connectivity index (χ2v) is 6.18. The van der Waals surface area contributed by atoms with Gasteiger partial charge >= 0.3 is 0 Å². The van der Waals surface area contributed by atoms with Crippen LogP contribution in [0.4, 0.5) is 0 Å². The van der Waals surface area contributed by atoms with E-state index in [1.165, 1.54) is 0 Å². The van der Waals surface area contributed by atoms with Crippen LogP contribution in [0.2, 0.25) is 0 Å². The minimum atomic E-state index is -0.115. The quantitative estimate of drug-likeness (QED) is 0.634. The molecule has 21 heavy (non-hydrogen) atoms. The Bertz CT molecular complexity index is 664. The maximum Gasteiger partial charge on any atom is 0.200 e. The van der Waals surface area contributed by atoms with Gasteiger partial charge in [-0.15, -0.1) is 0 Å². The molecule has 3 aromatic rings. The predicted molar refractivity (Wildman–Crippen MR) is 86.1 cm³/mol. The lowest BCUT2D eigenvalue weighted by atomic mass is 9.97. The lowest BCUT2D eigenvalue weighted by Gasteiger charge is -2.12. The SMILES string of the molecule is CC(C)(C)c1nc(-c2ccccc2)c(-c2ccccc2)o1. The standard InChI is InChI=1S/C19H19NO/c1-19(2,3)18-20-16(14-10-6-4-7-11-14)17(21-18)15-12-8-5-9-13-15/h4-13H,1-3H3. The van der Waals surface area contributed by atoms with Gasteiger partial charge in [-0.1, -0.05) is 81.4 Å². The Morgan fingerprint density at radius 3 is 1.81 bits per heavy atom. The van der Waals surface area contributed by atoms with Gasteiger partial charge < -0.3 is 4.42 Å². The van der Waals surface area contributed by atoms with Crippen LogP contribution < -0.4 is 0 Å². The van der Waals surface area contributed by atoms with Crippen LogP contribution in [0.15, 0.2) is 65.1 Å². The first-order valence-electron chi connectivity index (χ1n) is 7.18. The molecule has 0 amide bonds. The summed E-state index contributed by atoms with van der Waals surface area (Å²) in [6, 6.07) is 20.3. The molecule has 0 aliphatic carbocycles. The Hall–Kier alpha value is -2.35. The summed E-state index contributed by atoms with van der Waals surface area (Å²) in [5, 5.41) is 0. The summed E-state index contributed by atoms with van der Waals surface area (Å²) >= 11 is 0. The number of nitrogens with zero attached hydrogens (tertiary/aromatic N) is 1. The van der Waals surface area contributed by atoms with Crippen LogP contribution in [0.5, 0.6) is 0 Å². The zero-order valence-electron chi connectivity index (χ0n) is 12.6. The molecule has 1 heterocycles. The van der Waals surface area contributed by atoms with Crippen molar-refractivity contribution in [1.82, 2.24) is 4.98 Å². The van der Waals surface area contributed by atoms with Gasteiger partial charge in [-0.05, 0) is 0 Å². The molecule has 0 aliphatic rings. The molecule has 1 aromatic heterocycles. The third-order valence-electron chi connectivity index (χ3n) is 3.35. The van der Waals surface area contributed by atoms with Crippen molar-refractivity contribution in [2.24, 2.45) is 0 Å². The van der Waals surface area contributed by atoms with Crippen molar-refractivity contribution >= 4 is 0 Å². The molecular formula is C19H19NO. The number of hydrogen-bond acceptors (Lipinski definition) is 2. The van der Waals surface area contributed by atoms with Gasteiger partial charge in [0.05, 0.1) is 0 Å². The molecule has 0 atom stereocenters. The van der Waals surface area contributed by atoms with E-state index in [2.05, 4.69) is 45.0 Å². The van der Waals surface area contributed by atoms with Gasteiger partial charge in [-0.3, -0.25) is 0 Å². The summed E-state index contributed by atoms with van der Waals surface area (Å²) in [6.07, 6.45) is 0. The van der Waals surface area contributed by atoms with Crippen molar-refractivity contribution in [1.29, 1.82) is 0 Å². The molecule has 2 aromatic carbocycles. The summed E-state index contributed by atoms with van der Waals surface area (Å²) < 4.78 is 6.11. The third-order valence-corrected chi connectivity index (χ3v) is 3.35. The van der Waals surface area contributed by atoms with Crippen LogP contribution in [-0.4, -0.2) is 4.98 Å². The van der Waals surface area contributed by atoms with Crippen molar-refractivity contribution in [2.75, 3.05) is 0 Å². The zero-order chi connectivity index (χ0) is 14.9. The molecule has 0 fully saturated rings. The van der Waals surface area contributed by atoms with Gasteiger partial charge in [0.1, 0.15) is 5.69 Å². The summed E-state index contributed by atoms with van der Waals surface area (Å²) in [4.78, 5) is 4.76. The van der Waals surface area contributed by atoms with Gasteiger partial charge in [0, 0.05) is 16.5 Å². The number of hydrogen-bond donors (Lipinski definition) is 0. The number of benzene rings is 2. The minimum Gasteiger partial charge on any atom is -0.439 e. The van der Waals surface area contributed by atoms with Crippen LogP contribution in [0.1, 0.15) is 26.7 Å². The molecule has 3 rings (SSSR count). The monoisotopic (exact) mass is 277 g/mol. The van der Waals surface area contributed by atoms with Crippen LogP contribution >= 0.6 is 0 Å². The number of rotatable bonds is 2. The predicted octanol–water partition coefficient (Wildman–Crippen LogP) is 5.31. The molecule has 2 nitrogen and oxygen atoms in total. The number of aromatic nitrogens is 1. The van der Waals surface area contributed by atoms with Crippen LogP contribution in [0.3, 0.4) is 0 Å². The van der Waals surface area contributed by atoms with Crippen molar-refractivity contribution in [3.63, 3.8) is 0 Å². The summed E-state index contributed by atoms with van der Waals surface area (Å²) in [5.41, 5.74) is 2.93. The Morgan fingerprint density at radius 2 is 1.29 bits per heavy atom. The van der Waals surface area contributed by atoms with E-state index in [4.69, 9.17) is 9.40 Å². The van der Waals surface area contributed by atoms with E-state index in [1.54, 1.807) is 0 Å². The van der Waals surface area contributed by atoms with Crippen molar-refractivity contribution in [3.8, 4) is 22.6 Å². The van der Waals surface area contributed by atoms with Crippen molar-refractivity contribution in [2.45, 2.75) is 26.2 Å². The van der Waals surface area contributed by atoms with Crippen LogP contribution in [0, 0.1) is 0 Å². The Balaban J connectivity index is 2.20. The summed E-state index contributed by atoms with van der Waals surface area (Å²) in [7, 11) is 0. The van der Waals surface area contributed by atoms with E-state index in [0.29, 0.717) is 0 Å². The van der Waals surface area contributed by atoms with E-state index in [-0.39, 0.29) is 5.41 Å². The number of oxazole rings is 1. The fraction of sp³-hybridized carbons (Fsp3) is 0.211. The molecule has 0 N–H and O–H groups in total. The average Bonchev–Trinajstić information content (AvgIpc) is 2.94. The van der Waals surface area contributed by atoms with Gasteiger partial charge in [0.2, 0.25) is 5.89 Å². The first-order chi connectivity index (χ1) is 10.1. The molecule has 0 saturated carbocycles. The summed E-state index contributed by atoms with van der Waals surface area (Å²) in [5.74, 6) is 1.60. The topological polar surface area (TPSA) is 26.0 Å². The van der Waals surface area contributed by atoms with E-state index >= 15 is 0 Å². The molecule has 0 unspecified atom stereocenters. The normalized spacial score (nSPS) is 11.6. The lowest BCUT2D eigenvalue weighted by Crippen LogP contribution is -2.11. The molecule has 0 aliphatic heterocycles. The maximum absolute atomic E-state index is 6.11. The van der Waals surface area contributed by atoms with E-state index < -0.39 is 0 Å². The van der Waals surface area contributed by atoms with Gasteiger partial charge in [0.25, 0.3) is 0 Å². The highest BCUT2D eigenvalue weighted by Crippen LogP contribution is 2.35. The van der Waals surface area contributed by atoms with Crippen molar-refractivity contribution < 1.29 is 4.42 Å². The Kier molecular flexibility index (Phi) is 3.38. The molecule has 0 bridgehead atoms. The van der Waals surface area contributed by atoms with Crippen LogP contribution in [-0.2, 0) is 5.41 Å². The Labute approximate surface area is 125 Å². The molecule has 0 saturated heterocycles. The fourth-order valence-electron chi connectivity index (χ4n) is 2.22. The van der Waals surface area contributed by atoms with Gasteiger partial charge in [0.15, 0.2) is 5.76 Å². The first-order valence-corrected chi connectivity index (χ1v) is 7.18. The molecule has 106 valence electrons. The maximum atomic E-state index is 6.11. The Morgan fingerprint density at radius 1 is 0.762 bits per heavy atom. The van der Waals surface area contributed by atoms with E-state index in [1.807, 2.05) is 36.4 Å². The lowest BCUT2D eigenvalue weighted by molar-refractivity contribution is 0.399. The third kappa shape index (κ3) is 2.75. The van der Waals surface area contributed by atoms with Gasteiger partial charge in [-0.2, -0.15) is 0 Å². The smallest absolute Gasteiger partial charge is 0.200 e. The highest BCUT2D eigenvalue weighted by Gasteiger charge is 2.24. The minimum absolute atomic E-state index is 0.115. The van der Waals surface area contributed by atoms with Crippen LogP contribution in [0.25, 0.3) is 22.6 Å². The molecule has 2 heteroatoms. The highest BCUT2D eigenvalue weighted by atomic mass is 16.4. The molecule has 0 radical (unpaired) electrons. The largest absolute Gasteiger partial charge is 0.439 e. The van der Waals surface area contributed by atoms with Gasteiger partial charge in [-0.25, -0.2) is 4.98 Å². The highest BCUT2D eigenvalue weighted by molar-refractivity contribution is 5.76. The second-order valence-electron chi connectivity index (χ2n) is 6.18. The zero-order valence-corrected chi connectivity index (χ0v) is 12.6. The summed E-state index contributed by atoms with van der Waals surface area (Å²) in [6.45, 7) is 6.34. The molecular weight excluding hydrogens is 258 g/mol. The van der Waals surface area contributed by atoms with E-state index in [0.717, 1.165) is 28.5 Å². The fourth-order valence-corrected chi connectivity index (χ4v) is 2.22. The van der Waals surface area contributed by atoms with Crippen molar-refractivity contribution in [3.05, 3.63) is 66.6 Å². The van der Waals surface area contributed by atoms with E-state index in [9.17, 15) is 0 Å².